The highest BCUT2D eigenvalue weighted by atomic mass is 16.2. The summed E-state index contributed by atoms with van der Waals surface area (Å²) in [6, 6.07) is 26.8. The van der Waals surface area contributed by atoms with Gasteiger partial charge >= 0.3 is 0 Å². The smallest absolute Gasteiger partial charge is 0.232 e. The molecule has 0 saturated heterocycles. The highest BCUT2D eigenvalue weighted by Crippen LogP contribution is 2.26. The summed E-state index contributed by atoms with van der Waals surface area (Å²) in [5.74, 6) is 0.156. The largest absolute Gasteiger partial charge is 0.326 e. The predicted molar refractivity (Wildman–Crippen MR) is 118 cm³/mol. The fourth-order valence-corrected chi connectivity index (χ4v) is 3.10. The molecule has 0 atom stereocenters. The van der Waals surface area contributed by atoms with Crippen LogP contribution in [0.5, 0.6) is 0 Å². The van der Waals surface area contributed by atoms with Crippen LogP contribution >= 0.6 is 0 Å². The number of carbonyl (C=O) groups excluding carboxylic acids is 2. The summed E-state index contributed by atoms with van der Waals surface area (Å²) in [5.41, 5.74) is 3.54. The van der Waals surface area contributed by atoms with Crippen LogP contribution in [-0.2, 0) is 9.59 Å². The lowest BCUT2D eigenvalue weighted by molar-refractivity contribution is -0.122. The van der Waals surface area contributed by atoms with E-state index >= 15 is 0 Å². The van der Waals surface area contributed by atoms with Crippen LogP contribution in [0.25, 0.3) is 0 Å². The number of para-hydroxylation sites is 2. The topological polar surface area (TPSA) is 49.4 Å². The van der Waals surface area contributed by atoms with Crippen LogP contribution in [0.4, 0.5) is 17.1 Å². The van der Waals surface area contributed by atoms with Gasteiger partial charge in [0, 0.05) is 29.9 Å². The van der Waals surface area contributed by atoms with Crippen molar-refractivity contribution in [3.8, 4) is 0 Å². The standard InChI is InChI=1S/C25H26N2O2/c1-19(2)20-13-15-21(16-14-20)26-24(28)17-18-25(29)27(22-9-5-3-6-10-22)23-11-7-4-8-12-23/h3-16,19H,17-18H2,1-2H3,(H,26,28). The van der Waals surface area contributed by atoms with E-state index in [1.807, 2.05) is 84.9 Å². The maximum Gasteiger partial charge on any atom is 0.232 e. The van der Waals surface area contributed by atoms with Crippen LogP contribution in [0.2, 0.25) is 0 Å². The van der Waals surface area contributed by atoms with E-state index in [9.17, 15) is 9.59 Å². The van der Waals surface area contributed by atoms with Crippen molar-refractivity contribution in [2.24, 2.45) is 0 Å². The average Bonchev–Trinajstić information content (AvgIpc) is 2.74. The Labute approximate surface area is 172 Å². The number of nitrogens with zero attached hydrogens (tertiary/aromatic N) is 1. The Morgan fingerprint density at radius 2 is 1.28 bits per heavy atom. The number of hydrogen-bond donors (Lipinski definition) is 1. The zero-order valence-corrected chi connectivity index (χ0v) is 16.8. The second kappa shape index (κ2) is 9.69. The molecule has 0 bridgehead atoms. The molecule has 0 heterocycles. The third-order valence-corrected chi connectivity index (χ3v) is 4.71. The first-order chi connectivity index (χ1) is 14.0. The number of rotatable bonds is 7. The third-order valence-electron chi connectivity index (χ3n) is 4.71. The van der Waals surface area contributed by atoms with Gasteiger partial charge in [0.15, 0.2) is 0 Å². The molecule has 29 heavy (non-hydrogen) atoms. The van der Waals surface area contributed by atoms with E-state index in [0.717, 1.165) is 17.1 Å². The van der Waals surface area contributed by atoms with E-state index in [-0.39, 0.29) is 24.7 Å². The molecule has 4 nitrogen and oxygen atoms in total. The van der Waals surface area contributed by atoms with E-state index in [1.165, 1.54) is 5.56 Å². The first-order valence-corrected chi connectivity index (χ1v) is 9.87. The summed E-state index contributed by atoms with van der Waals surface area (Å²) in [4.78, 5) is 27.0. The maximum absolute atomic E-state index is 13.0. The molecule has 1 N–H and O–H groups in total. The predicted octanol–water partition coefficient (Wildman–Crippen LogP) is 5.89. The van der Waals surface area contributed by atoms with E-state index in [0.29, 0.717) is 5.92 Å². The molecule has 3 rings (SSSR count). The molecule has 0 aromatic heterocycles. The van der Waals surface area contributed by atoms with Crippen molar-refractivity contribution < 1.29 is 9.59 Å². The molecule has 0 aliphatic carbocycles. The molecule has 0 saturated carbocycles. The van der Waals surface area contributed by atoms with Crippen LogP contribution in [0.1, 0.15) is 38.2 Å². The van der Waals surface area contributed by atoms with Gasteiger partial charge in [0.2, 0.25) is 11.8 Å². The monoisotopic (exact) mass is 386 g/mol. The molecule has 148 valence electrons. The molecule has 0 aliphatic heterocycles. The van der Waals surface area contributed by atoms with E-state index in [4.69, 9.17) is 0 Å². The first kappa shape index (κ1) is 20.3. The zero-order valence-electron chi connectivity index (χ0n) is 16.8. The number of nitrogens with one attached hydrogen (secondary N) is 1. The van der Waals surface area contributed by atoms with Crippen molar-refractivity contribution in [1.29, 1.82) is 0 Å². The summed E-state index contributed by atoms with van der Waals surface area (Å²) in [7, 11) is 0. The van der Waals surface area contributed by atoms with Crippen molar-refractivity contribution in [3.63, 3.8) is 0 Å². The van der Waals surface area contributed by atoms with Crippen molar-refractivity contribution in [2.75, 3.05) is 10.2 Å². The summed E-state index contributed by atoms with van der Waals surface area (Å²) in [6.45, 7) is 4.26. The van der Waals surface area contributed by atoms with Crippen LogP contribution in [0, 0.1) is 0 Å². The third kappa shape index (κ3) is 5.55. The van der Waals surface area contributed by atoms with Gasteiger partial charge < -0.3 is 5.32 Å². The minimum absolute atomic E-state index is 0.118. The molecule has 4 heteroatoms. The Morgan fingerprint density at radius 1 is 0.759 bits per heavy atom. The molecule has 0 radical (unpaired) electrons. The van der Waals surface area contributed by atoms with Gasteiger partial charge in [-0.2, -0.15) is 0 Å². The molecule has 2 amide bonds. The quantitative estimate of drug-likeness (QED) is 0.550. The first-order valence-electron chi connectivity index (χ1n) is 9.87. The van der Waals surface area contributed by atoms with Crippen LogP contribution < -0.4 is 10.2 Å². The molecule has 0 aliphatic rings. The van der Waals surface area contributed by atoms with Crippen LogP contribution in [-0.4, -0.2) is 11.8 Å². The van der Waals surface area contributed by atoms with Crippen molar-refractivity contribution in [1.82, 2.24) is 0 Å². The molecule has 0 unspecified atom stereocenters. The van der Waals surface area contributed by atoms with Gasteiger partial charge in [0.1, 0.15) is 0 Å². The van der Waals surface area contributed by atoms with E-state index in [2.05, 4.69) is 19.2 Å². The van der Waals surface area contributed by atoms with Crippen molar-refractivity contribution in [2.45, 2.75) is 32.6 Å². The maximum atomic E-state index is 13.0. The minimum Gasteiger partial charge on any atom is -0.326 e. The van der Waals surface area contributed by atoms with Crippen LogP contribution in [0.3, 0.4) is 0 Å². The van der Waals surface area contributed by atoms with E-state index in [1.54, 1.807) is 4.90 Å². The Balaban J connectivity index is 1.64. The number of anilines is 3. The summed E-state index contributed by atoms with van der Waals surface area (Å²) in [5, 5.41) is 2.87. The van der Waals surface area contributed by atoms with Gasteiger partial charge in [-0.05, 0) is 47.9 Å². The lowest BCUT2D eigenvalue weighted by Gasteiger charge is -2.23. The lowest BCUT2D eigenvalue weighted by Crippen LogP contribution is -2.27. The number of amides is 2. The second-order valence-electron chi connectivity index (χ2n) is 7.23. The van der Waals surface area contributed by atoms with Gasteiger partial charge in [-0.3, -0.25) is 14.5 Å². The zero-order chi connectivity index (χ0) is 20.6. The molecular weight excluding hydrogens is 360 g/mol. The lowest BCUT2D eigenvalue weighted by atomic mass is 10.0. The normalized spacial score (nSPS) is 10.6. The minimum atomic E-state index is -0.170. The number of hydrogen-bond acceptors (Lipinski definition) is 2. The van der Waals surface area contributed by atoms with Gasteiger partial charge in [0.05, 0.1) is 0 Å². The van der Waals surface area contributed by atoms with Gasteiger partial charge in [0.25, 0.3) is 0 Å². The second-order valence-corrected chi connectivity index (χ2v) is 7.23. The highest BCUT2D eigenvalue weighted by Gasteiger charge is 2.18. The Morgan fingerprint density at radius 3 is 1.76 bits per heavy atom. The average molecular weight is 386 g/mol. The molecule has 0 spiro atoms. The molecule has 3 aromatic carbocycles. The van der Waals surface area contributed by atoms with Crippen molar-refractivity contribution >= 4 is 28.9 Å². The Kier molecular flexibility index (Phi) is 6.80. The highest BCUT2D eigenvalue weighted by molar-refractivity contribution is 6.02. The fourth-order valence-electron chi connectivity index (χ4n) is 3.10. The van der Waals surface area contributed by atoms with Crippen molar-refractivity contribution in [3.05, 3.63) is 90.5 Å². The molecular formula is C25H26N2O2. The molecule has 0 fully saturated rings. The summed E-state index contributed by atoms with van der Waals surface area (Å²) in [6.07, 6.45) is 0.251. The fraction of sp³-hybridized carbons (Fsp3) is 0.200. The van der Waals surface area contributed by atoms with Crippen LogP contribution in [0.15, 0.2) is 84.9 Å². The van der Waals surface area contributed by atoms with Gasteiger partial charge in [-0.25, -0.2) is 0 Å². The number of benzene rings is 3. The SMILES string of the molecule is CC(C)c1ccc(NC(=O)CCC(=O)N(c2ccccc2)c2ccccc2)cc1. The Bertz CT molecular complexity index is 896. The number of carbonyl (C=O) groups is 2. The van der Waals surface area contributed by atoms with Gasteiger partial charge in [-0.1, -0.05) is 62.4 Å². The Hall–Kier alpha value is -3.40. The molecule has 3 aromatic rings. The summed E-state index contributed by atoms with van der Waals surface area (Å²) < 4.78 is 0. The van der Waals surface area contributed by atoms with Gasteiger partial charge in [-0.15, -0.1) is 0 Å². The van der Waals surface area contributed by atoms with E-state index < -0.39 is 0 Å². The summed E-state index contributed by atoms with van der Waals surface area (Å²) >= 11 is 0.